The number of ether oxygens (including phenoxy) is 4. The van der Waals surface area contributed by atoms with E-state index >= 15 is 0 Å². The second kappa shape index (κ2) is 18.7. The molecule has 0 atom stereocenters. The lowest BCUT2D eigenvalue weighted by Gasteiger charge is -2.38. The summed E-state index contributed by atoms with van der Waals surface area (Å²) in [6, 6.07) is 14.2. The molecule has 47 heavy (non-hydrogen) atoms. The van der Waals surface area contributed by atoms with E-state index in [0.717, 1.165) is 28.9 Å². The zero-order valence-electron chi connectivity index (χ0n) is 28.2. The van der Waals surface area contributed by atoms with Crippen molar-refractivity contribution in [1.29, 1.82) is 0 Å². The zero-order chi connectivity index (χ0) is 33.6. The third kappa shape index (κ3) is 11.0. The van der Waals surface area contributed by atoms with E-state index in [1.54, 1.807) is 6.07 Å². The van der Waals surface area contributed by atoms with E-state index in [-0.39, 0.29) is 31.5 Å². The van der Waals surface area contributed by atoms with Gasteiger partial charge in [0, 0.05) is 11.6 Å². The van der Waals surface area contributed by atoms with Gasteiger partial charge in [-0.25, -0.2) is 4.79 Å². The van der Waals surface area contributed by atoms with Gasteiger partial charge < -0.3 is 29.2 Å². The van der Waals surface area contributed by atoms with Gasteiger partial charge >= 0.3 is 5.97 Å². The molecule has 0 heterocycles. The molecule has 0 saturated heterocycles. The minimum Gasteiger partial charge on any atom is -0.458 e. The number of unbranched alkanes of at least 4 members (excludes halogenated alkanes) is 2. The van der Waals surface area contributed by atoms with Crippen molar-refractivity contribution in [2.75, 3.05) is 26.8 Å². The summed E-state index contributed by atoms with van der Waals surface area (Å²) in [5.41, 5.74) is 3.57. The molecule has 2 aromatic carbocycles. The SMILES string of the molecule is C=C(CO)C(=C)OCOc1cc(OCOC(=O)C(=C)CO)cc(-c2ccc(C3CCC(C4CCC(CCCCC)CC4)CC3)cc2)c1. The predicted octanol–water partition coefficient (Wildman–Crippen LogP) is 8.86. The van der Waals surface area contributed by atoms with Crippen LogP contribution in [0.1, 0.15) is 95.5 Å². The Kier molecular flexibility index (Phi) is 14.4. The van der Waals surface area contributed by atoms with Crippen LogP contribution in [0.4, 0.5) is 0 Å². The molecule has 0 aliphatic heterocycles. The standard InChI is InChI=1S/C40H54O7/c1-5-6-7-8-31-9-11-32(12-10-31)33-13-15-34(16-14-33)35-17-19-36(20-18-35)37-21-38(45-26-44-30(4)28(2)24-41)23-39(22-37)46-27-47-40(43)29(3)25-42/h17-23,31-34,41-42H,2-16,24-27H2,1H3. The molecule has 256 valence electrons. The number of hydrogen-bond acceptors (Lipinski definition) is 7. The van der Waals surface area contributed by atoms with E-state index in [2.05, 4.69) is 50.9 Å². The van der Waals surface area contributed by atoms with Crippen LogP contribution in [-0.4, -0.2) is 43.0 Å². The Morgan fingerprint density at radius 3 is 1.87 bits per heavy atom. The van der Waals surface area contributed by atoms with E-state index in [4.69, 9.17) is 24.1 Å². The molecule has 0 bridgehead atoms. The van der Waals surface area contributed by atoms with Crippen LogP contribution in [0.3, 0.4) is 0 Å². The smallest absolute Gasteiger partial charge is 0.338 e. The molecule has 7 nitrogen and oxygen atoms in total. The number of carbonyl (C=O) groups excluding carboxylic acids is 1. The highest BCUT2D eigenvalue weighted by Gasteiger charge is 2.31. The van der Waals surface area contributed by atoms with Crippen LogP contribution in [0, 0.1) is 17.8 Å². The number of carbonyl (C=O) groups is 1. The molecule has 0 amide bonds. The molecule has 2 fully saturated rings. The van der Waals surface area contributed by atoms with Gasteiger partial charge in [-0.3, -0.25) is 0 Å². The Morgan fingerprint density at radius 1 is 0.723 bits per heavy atom. The van der Waals surface area contributed by atoms with Crippen LogP contribution in [0.15, 0.2) is 79.1 Å². The van der Waals surface area contributed by atoms with E-state index in [0.29, 0.717) is 23.0 Å². The largest absolute Gasteiger partial charge is 0.458 e. The van der Waals surface area contributed by atoms with Gasteiger partial charge in [-0.1, -0.05) is 89.5 Å². The van der Waals surface area contributed by atoms with Crippen LogP contribution in [0.25, 0.3) is 11.1 Å². The number of esters is 1. The van der Waals surface area contributed by atoms with E-state index in [1.165, 1.54) is 82.6 Å². The Bertz CT molecular complexity index is 1260. The highest BCUT2D eigenvalue weighted by Crippen LogP contribution is 2.45. The Balaban J connectivity index is 1.35. The van der Waals surface area contributed by atoms with Crippen LogP contribution in [-0.2, 0) is 14.3 Å². The van der Waals surface area contributed by atoms with Gasteiger partial charge in [0.1, 0.15) is 17.3 Å². The summed E-state index contributed by atoms with van der Waals surface area (Å²) in [5.74, 6) is 3.81. The summed E-state index contributed by atoms with van der Waals surface area (Å²) in [6.45, 7) is 12.0. The summed E-state index contributed by atoms with van der Waals surface area (Å²) in [7, 11) is 0. The number of hydrogen-bond donors (Lipinski definition) is 2. The molecule has 0 spiro atoms. The van der Waals surface area contributed by atoms with Gasteiger partial charge in [-0.05, 0) is 91.0 Å². The summed E-state index contributed by atoms with van der Waals surface area (Å²) < 4.78 is 22.1. The fourth-order valence-corrected chi connectivity index (χ4v) is 7.08. The summed E-state index contributed by atoms with van der Waals surface area (Å²) >= 11 is 0. The predicted molar refractivity (Wildman–Crippen MR) is 186 cm³/mol. The van der Waals surface area contributed by atoms with Crippen LogP contribution >= 0.6 is 0 Å². The third-order valence-corrected chi connectivity index (χ3v) is 10.1. The summed E-state index contributed by atoms with van der Waals surface area (Å²) in [4.78, 5) is 11.9. The molecule has 2 N–H and O–H groups in total. The van der Waals surface area contributed by atoms with Gasteiger partial charge in [0.25, 0.3) is 0 Å². The van der Waals surface area contributed by atoms with Crippen molar-refractivity contribution in [2.45, 2.75) is 89.9 Å². The highest BCUT2D eigenvalue weighted by molar-refractivity contribution is 5.87. The Labute approximate surface area is 281 Å². The van der Waals surface area contributed by atoms with Crippen molar-refractivity contribution < 1.29 is 34.0 Å². The summed E-state index contributed by atoms with van der Waals surface area (Å²) in [5, 5.41) is 18.3. The maximum atomic E-state index is 11.9. The number of aliphatic hydroxyl groups excluding tert-OH is 2. The lowest BCUT2D eigenvalue weighted by Crippen LogP contribution is -2.25. The maximum Gasteiger partial charge on any atom is 0.338 e. The van der Waals surface area contributed by atoms with Gasteiger partial charge in [0.2, 0.25) is 13.6 Å². The Morgan fingerprint density at radius 2 is 1.30 bits per heavy atom. The molecule has 2 aliphatic rings. The average Bonchev–Trinajstić information content (AvgIpc) is 3.11. The van der Waals surface area contributed by atoms with Crippen LogP contribution in [0.5, 0.6) is 11.5 Å². The lowest BCUT2D eigenvalue weighted by molar-refractivity contribution is -0.145. The molecule has 0 unspecified atom stereocenters. The van der Waals surface area contributed by atoms with E-state index in [9.17, 15) is 9.90 Å². The van der Waals surface area contributed by atoms with Crippen molar-refractivity contribution in [3.63, 3.8) is 0 Å². The molecule has 2 aliphatic carbocycles. The van der Waals surface area contributed by atoms with Crippen LogP contribution in [0.2, 0.25) is 0 Å². The van der Waals surface area contributed by atoms with E-state index in [1.807, 2.05) is 12.1 Å². The second-order valence-corrected chi connectivity index (χ2v) is 13.3. The van der Waals surface area contributed by atoms with Gasteiger partial charge in [-0.15, -0.1) is 0 Å². The van der Waals surface area contributed by atoms with Gasteiger partial charge in [-0.2, -0.15) is 0 Å². The fraction of sp³-hybridized carbons (Fsp3) is 0.525. The van der Waals surface area contributed by atoms with Crippen molar-refractivity contribution in [3.05, 3.63) is 84.7 Å². The minimum absolute atomic E-state index is 0.0536. The Hall–Kier alpha value is -3.55. The zero-order valence-corrected chi connectivity index (χ0v) is 28.2. The molecule has 4 rings (SSSR count). The average molecular weight is 647 g/mol. The molecule has 0 radical (unpaired) electrons. The van der Waals surface area contributed by atoms with Crippen molar-refractivity contribution >= 4 is 5.97 Å². The van der Waals surface area contributed by atoms with Gasteiger partial charge in [0.15, 0.2) is 0 Å². The lowest BCUT2D eigenvalue weighted by atomic mass is 9.68. The topological polar surface area (TPSA) is 94.5 Å². The number of benzene rings is 2. The number of rotatable bonds is 18. The number of aliphatic hydroxyl groups is 2. The normalized spacial score (nSPS) is 21.0. The summed E-state index contributed by atoms with van der Waals surface area (Å²) in [6.07, 6.45) is 16.5. The van der Waals surface area contributed by atoms with Crippen molar-refractivity contribution in [2.24, 2.45) is 17.8 Å². The highest BCUT2D eigenvalue weighted by atomic mass is 16.7. The first-order valence-corrected chi connectivity index (χ1v) is 17.4. The molecule has 7 heteroatoms. The second-order valence-electron chi connectivity index (χ2n) is 13.3. The van der Waals surface area contributed by atoms with Crippen molar-refractivity contribution in [3.8, 4) is 22.6 Å². The van der Waals surface area contributed by atoms with E-state index < -0.39 is 12.6 Å². The maximum absolute atomic E-state index is 11.9. The molecular weight excluding hydrogens is 592 g/mol. The quantitative estimate of drug-likeness (QED) is 0.0417. The molecule has 0 aromatic heterocycles. The molecular formula is C40H54O7. The third-order valence-electron chi connectivity index (χ3n) is 10.1. The van der Waals surface area contributed by atoms with Crippen LogP contribution < -0.4 is 9.47 Å². The molecule has 2 aromatic rings. The first kappa shape index (κ1) is 36.3. The molecule has 2 saturated carbocycles. The fourth-order valence-electron chi connectivity index (χ4n) is 7.08. The minimum atomic E-state index is -0.731. The first-order chi connectivity index (χ1) is 22.8. The first-order valence-electron chi connectivity index (χ1n) is 17.4. The monoisotopic (exact) mass is 646 g/mol. The van der Waals surface area contributed by atoms with Gasteiger partial charge in [0.05, 0.1) is 18.8 Å². The van der Waals surface area contributed by atoms with Crippen molar-refractivity contribution in [1.82, 2.24) is 0 Å².